The summed E-state index contributed by atoms with van der Waals surface area (Å²) in [7, 11) is 0. The lowest BCUT2D eigenvalue weighted by molar-refractivity contribution is 0.0527. The molecule has 1 aromatic heterocycles. The van der Waals surface area contributed by atoms with E-state index in [1.807, 2.05) is 0 Å². The van der Waals surface area contributed by atoms with Crippen LogP contribution >= 0.6 is 62.1 Å². The monoisotopic (exact) mass is 554 g/mol. The van der Waals surface area contributed by atoms with E-state index in [1.54, 1.807) is 38.1 Å². The first-order valence-electron chi connectivity index (χ1n) is 8.66. The van der Waals surface area contributed by atoms with E-state index in [1.165, 1.54) is 6.92 Å². The number of benzene rings is 1. The number of anilines is 1. The molecule has 1 unspecified atom stereocenters. The van der Waals surface area contributed by atoms with Crippen molar-refractivity contribution >= 4 is 84.7 Å². The molecule has 1 aromatic carbocycles. The number of esters is 1. The average Bonchev–Trinajstić information content (AvgIpc) is 2.97. The molecule has 162 valence electrons. The second-order valence-corrected chi connectivity index (χ2v) is 10.4. The molecule has 0 bridgehead atoms. The van der Waals surface area contributed by atoms with Gasteiger partial charge in [-0.15, -0.1) is 11.3 Å². The van der Waals surface area contributed by atoms with E-state index in [0.717, 1.165) is 15.8 Å². The number of carbonyl (C=O) groups excluding carboxylic acids is 3. The van der Waals surface area contributed by atoms with Crippen LogP contribution in [0.4, 0.5) is 5.00 Å². The van der Waals surface area contributed by atoms with Crippen molar-refractivity contribution in [3.05, 3.63) is 50.3 Å². The Kier molecular flexibility index (Phi) is 8.59. The summed E-state index contributed by atoms with van der Waals surface area (Å²) in [6.45, 7) is 4.84. The van der Waals surface area contributed by atoms with Crippen molar-refractivity contribution in [2.24, 2.45) is 0 Å². The van der Waals surface area contributed by atoms with Gasteiger partial charge in [-0.05, 0) is 50.6 Å². The summed E-state index contributed by atoms with van der Waals surface area (Å²) >= 11 is 22.5. The molecule has 0 spiro atoms. The lowest BCUT2D eigenvalue weighted by atomic mass is 10.1. The van der Waals surface area contributed by atoms with Crippen molar-refractivity contribution in [3.8, 4) is 0 Å². The van der Waals surface area contributed by atoms with Crippen LogP contribution in [0, 0.1) is 6.92 Å². The van der Waals surface area contributed by atoms with Gasteiger partial charge in [0.25, 0.3) is 5.91 Å². The fourth-order valence-electron chi connectivity index (χ4n) is 2.55. The number of thiophene rings is 1. The molecule has 1 amide bonds. The number of nitrogens with one attached hydrogen (secondary N) is 2. The summed E-state index contributed by atoms with van der Waals surface area (Å²) in [6.07, 6.45) is -1.20. The van der Waals surface area contributed by atoms with Gasteiger partial charge in [0.2, 0.25) is 3.79 Å². The fourth-order valence-corrected chi connectivity index (χ4v) is 4.26. The van der Waals surface area contributed by atoms with Crippen LogP contribution in [0.3, 0.4) is 0 Å². The number of amides is 1. The third-order valence-electron chi connectivity index (χ3n) is 3.93. The summed E-state index contributed by atoms with van der Waals surface area (Å²) in [5.74, 6) is -1.34. The normalized spacial score (nSPS) is 12.2. The van der Waals surface area contributed by atoms with Crippen LogP contribution < -0.4 is 10.6 Å². The number of ketones is 1. The van der Waals surface area contributed by atoms with E-state index >= 15 is 0 Å². The number of rotatable bonds is 7. The van der Waals surface area contributed by atoms with E-state index in [2.05, 4.69) is 26.6 Å². The number of alkyl halides is 3. The molecular formula is C19H18BrCl3N2O4S. The molecule has 1 atom stereocenters. The first-order chi connectivity index (χ1) is 14.0. The lowest BCUT2D eigenvalue weighted by Gasteiger charge is -2.27. The van der Waals surface area contributed by atoms with Crippen molar-refractivity contribution < 1.29 is 19.1 Å². The van der Waals surface area contributed by atoms with Crippen molar-refractivity contribution in [1.82, 2.24) is 5.32 Å². The molecule has 0 aliphatic rings. The third-order valence-corrected chi connectivity index (χ3v) is 6.44. The Morgan fingerprint density at radius 3 is 2.30 bits per heavy atom. The van der Waals surface area contributed by atoms with Crippen LogP contribution in [-0.2, 0) is 4.74 Å². The van der Waals surface area contributed by atoms with Crippen molar-refractivity contribution in [1.29, 1.82) is 0 Å². The predicted molar refractivity (Wildman–Crippen MR) is 124 cm³/mol. The van der Waals surface area contributed by atoms with Gasteiger partial charge in [-0.1, -0.05) is 50.7 Å². The van der Waals surface area contributed by atoms with Gasteiger partial charge in [-0.3, -0.25) is 9.59 Å². The first kappa shape index (κ1) is 24.9. The largest absolute Gasteiger partial charge is 0.462 e. The number of halogens is 4. The Hall–Kier alpha value is -1.32. The molecule has 6 nitrogen and oxygen atoms in total. The highest BCUT2D eigenvalue weighted by Gasteiger charge is 2.36. The number of Topliss-reactive ketones (excluding diaryl/α,β-unsaturated/α-hetero) is 1. The van der Waals surface area contributed by atoms with E-state index in [9.17, 15) is 14.4 Å². The topological polar surface area (TPSA) is 84.5 Å². The molecule has 0 radical (unpaired) electrons. The molecule has 2 aromatic rings. The molecule has 2 rings (SSSR count). The number of carbonyl (C=O) groups is 3. The van der Waals surface area contributed by atoms with Gasteiger partial charge in [0.15, 0.2) is 5.78 Å². The SMILES string of the molecule is CCOC(=O)c1c(NC(NC(=O)c2ccc(Br)cc2)C(Cl)(Cl)Cl)sc(C(C)=O)c1C. The summed E-state index contributed by atoms with van der Waals surface area (Å²) in [4.78, 5) is 37.4. The maximum Gasteiger partial charge on any atom is 0.341 e. The first-order valence-corrected chi connectivity index (χ1v) is 11.4. The quantitative estimate of drug-likeness (QED) is 0.197. The van der Waals surface area contributed by atoms with Crippen molar-refractivity contribution in [2.75, 3.05) is 11.9 Å². The van der Waals surface area contributed by atoms with Crippen LogP contribution in [0.25, 0.3) is 0 Å². The highest BCUT2D eigenvalue weighted by Crippen LogP contribution is 2.38. The van der Waals surface area contributed by atoms with E-state index in [4.69, 9.17) is 39.5 Å². The third kappa shape index (κ3) is 6.11. The van der Waals surface area contributed by atoms with E-state index < -0.39 is 21.8 Å². The van der Waals surface area contributed by atoms with Gasteiger partial charge in [0.05, 0.1) is 17.0 Å². The zero-order chi connectivity index (χ0) is 22.6. The lowest BCUT2D eigenvalue weighted by Crippen LogP contribution is -2.49. The summed E-state index contributed by atoms with van der Waals surface area (Å²) in [5, 5.41) is 5.74. The second-order valence-electron chi connectivity index (χ2n) is 6.14. The maximum absolute atomic E-state index is 12.6. The number of hydrogen-bond acceptors (Lipinski definition) is 6. The molecule has 0 aliphatic carbocycles. The smallest absolute Gasteiger partial charge is 0.341 e. The van der Waals surface area contributed by atoms with Gasteiger partial charge in [-0.25, -0.2) is 4.79 Å². The Balaban J connectivity index is 2.40. The van der Waals surface area contributed by atoms with Gasteiger partial charge in [0, 0.05) is 10.0 Å². The van der Waals surface area contributed by atoms with Crippen molar-refractivity contribution in [2.45, 2.75) is 30.7 Å². The Morgan fingerprint density at radius 1 is 1.20 bits per heavy atom. The van der Waals surface area contributed by atoms with Crippen LogP contribution in [-0.4, -0.2) is 34.2 Å². The molecular weight excluding hydrogens is 539 g/mol. The predicted octanol–water partition coefficient (Wildman–Crippen LogP) is 5.74. The molecule has 0 saturated carbocycles. The van der Waals surface area contributed by atoms with E-state index in [0.29, 0.717) is 16.0 Å². The fraction of sp³-hybridized carbons (Fsp3) is 0.316. The number of hydrogen-bond donors (Lipinski definition) is 2. The zero-order valence-electron chi connectivity index (χ0n) is 16.1. The minimum Gasteiger partial charge on any atom is -0.462 e. The highest BCUT2D eigenvalue weighted by molar-refractivity contribution is 9.10. The highest BCUT2D eigenvalue weighted by atomic mass is 79.9. The van der Waals surface area contributed by atoms with Gasteiger partial charge in [-0.2, -0.15) is 0 Å². The molecule has 0 aliphatic heterocycles. The maximum atomic E-state index is 12.6. The standard InChI is InChI=1S/C19H18BrCl3N2O4S/c1-4-29-17(28)13-9(2)14(10(3)26)30-16(13)25-18(19(21,22)23)24-15(27)11-5-7-12(20)8-6-11/h5-8,18,25H,4H2,1-3H3,(H,24,27). The molecule has 0 saturated heterocycles. The minimum absolute atomic E-state index is 0.150. The van der Waals surface area contributed by atoms with Gasteiger partial charge in [0.1, 0.15) is 11.2 Å². The Labute approximate surface area is 201 Å². The molecule has 0 fully saturated rings. The van der Waals surface area contributed by atoms with Crippen molar-refractivity contribution in [3.63, 3.8) is 0 Å². The Morgan fingerprint density at radius 2 is 1.80 bits per heavy atom. The molecule has 2 N–H and O–H groups in total. The molecule has 1 heterocycles. The summed E-state index contributed by atoms with van der Waals surface area (Å²) in [5.41, 5.74) is 0.955. The van der Waals surface area contributed by atoms with Gasteiger partial charge >= 0.3 is 5.97 Å². The molecule has 11 heteroatoms. The van der Waals surface area contributed by atoms with Crippen LogP contribution in [0.15, 0.2) is 28.7 Å². The average molecular weight is 557 g/mol. The van der Waals surface area contributed by atoms with E-state index in [-0.39, 0.29) is 23.0 Å². The summed E-state index contributed by atoms with van der Waals surface area (Å²) < 4.78 is 3.94. The zero-order valence-corrected chi connectivity index (χ0v) is 20.8. The van der Waals surface area contributed by atoms with Gasteiger partial charge < -0.3 is 15.4 Å². The minimum atomic E-state index is -1.97. The Bertz CT molecular complexity index is 958. The van der Waals surface area contributed by atoms with Crippen LogP contribution in [0.5, 0.6) is 0 Å². The van der Waals surface area contributed by atoms with Crippen LogP contribution in [0.2, 0.25) is 0 Å². The summed E-state index contributed by atoms with van der Waals surface area (Å²) in [6, 6.07) is 6.60. The molecule has 30 heavy (non-hydrogen) atoms. The number of ether oxygens (including phenoxy) is 1. The van der Waals surface area contributed by atoms with Crippen LogP contribution in [0.1, 0.15) is 49.8 Å². The second kappa shape index (κ2) is 10.3.